The lowest BCUT2D eigenvalue weighted by atomic mass is 10.3. The van der Waals surface area contributed by atoms with Crippen molar-refractivity contribution in [2.45, 2.75) is 51.3 Å². The van der Waals surface area contributed by atoms with Gasteiger partial charge in [0.2, 0.25) is 0 Å². The molecule has 0 heterocycles. The van der Waals surface area contributed by atoms with Crippen LogP contribution in [0.3, 0.4) is 0 Å². The largest absolute Gasteiger partial charge is 0.380 e. The number of thioether (sulfide) groups is 1. The molecule has 1 fully saturated rings. The highest BCUT2D eigenvalue weighted by molar-refractivity contribution is 8.00. The second-order valence-corrected chi connectivity index (χ2v) is 7.64. The Morgan fingerprint density at radius 1 is 1.38 bits per heavy atom. The zero-order valence-electron chi connectivity index (χ0n) is 11.2. The van der Waals surface area contributed by atoms with Crippen LogP contribution in [0.5, 0.6) is 0 Å². The van der Waals surface area contributed by atoms with Gasteiger partial charge in [0.1, 0.15) is 0 Å². The van der Waals surface area contributed by atoms with Crippen molar-refractivity contribution in [2.24, 2.45) is 5.92 Å². The van der Waals surface area contributed by atoms with Gasteiger partial charge in [-0.15, -0.1) is 0 Å². The van der Waals surface area contributed by atoms with Gasteiger partial charge in [-0.1, -0.05) is 20.8 Å². The van der Waals surface area contributed by atoms with E-state index < -0.39 is 0 Å². The second-order valence-electron chi connectivity index (χ2n) is 5.80. The van der Waals surface area contributed by atoms with Crippen molar-refractivity contribution in [2.75, 3.05) is 25.5 Å². The number of hydrogen-bond donors (Lipinski definition) is 1. The maximum absolute atomic E-state index is 5.58. The number of ether oxygens (including phenoxy) is 1. The topological polar surface area (TPSA) is 21.3 Å². The van der Waals surface area contributed by atoms with Gasteiger partial charge in [0, 0.05) is 29.7 Å². The van der Waals surface area contributed by atoms with E-state index in [0.29, 0.717) is 10.8 Å². The minimum absolute atomic E-state index is 0.373. The summed E-state index contributed by atoms with van der Waals surface area (Å²) in [5.41, 5.74) is 0. The smallest absolute Gasteiger partial charge is 0.0591 e. The molecule has 16 heavy (non-hydrogen) atoms. The van der Waals surface area contributed by atoms with Crippen LogP contribution in [0.25, 0.3) is 0 Å². The van der Waals surface area contributed by atoms with Gasteiger partial charge in [-0.3, -0.25) is 0 Å². The van der Waals surface area contributed by atoms with Gasteiger partial charge in [0.15, 0.2) is 0 Å². The Labute approximate surface area is 105 Å². The van der Waals surface area contributed by atoms with E-state index in [9.17, 15) is 0 Å². The first kappa shape index (κ1) is 14.3. The summed E-state index contributed by atoms with van der Waals surface area (Å²) in [6.07, 6.45) is 2.76. The zero-order chi connectivity index (χ0) is 12.0. The maximum atomic E-state index is 5.58. The highest BCUT2D eigenvalue weighted by Gasteiger charge is 2.20. The van der Waals surface area contributed by atoms with Gasteiger partial charge in [0.05, 0.1) is 6.61 Å². The summed E-state index contributed by atoms with van der Waals surface area (Å²) in [6.45, 7) is 11.9. The molecule has 1 atom stereocenters. The second kappa shape index (κ2) is 6.87. The first-order valence-corrected chi connectivity index (χ1v) is 7.41. The number of nitrogens with one attached hydrogen (secondary N) is 1. The summed E-state index contributed by atoms with van der Waals surface area (Å²) in [7, 11) is 0. The number of hydrogen-bond acceptors (Lipinski definition) is 3. The van der Waals surface area contributed by atoms with Crippen LogP contribution in [0.4, 0.5) is 0 Å². The average molecular weight is 245 g/mol. The molecule has 96 valence electrons. The minimum atomic E-state index is 0.373. The third-order valence-corrected chi connectivity index (χ3v) is 4.09. The van der Waals surface area contributed by atoms with Crippen molar-refractivity contribution >= 4 is 11.8 Å². The van der Waals surface area contributed by atoms with Gasteiger partial charge >= 0.3 is 0 Å². The quantitative estimate of drug-likeness (QED) is 0.664. The molecule has 0 bridgehead atoms. The van der Waals surface area contributed by atoms with Crippen LogP contribution in [0.2, 0.25) is 0 Å². The molecular weight excluding hydrogens is 218 g/mol. The van der Waals surface area contributed by atoms with Crippen molar-refractivity contribution in [1.82, 2.24) is 5.32 Å². The monoisotopic (exact) mass is 245 g/mol. The van der Waals surface area contributed by atoms with E-state index in [1.165, 1.54) is 18.6 Å². The van der Waals surface area contributed by atoms with E-state index in [-0.39, 0.29) is 0 Å². The molecule has 0 aromatic carbocycles. The van der Waals surface area contributed by atoms with Crippen molar-refractivity contribution in [3.8, 4) is 0 Å². The molecule has 1 saturated carbocycles. The van der Waals surface area contributed by atoms with Crippen molar-refractivity contribution in [3.05, 3.63) is 0 Å². The summed E-state index contributed by atoms with van der Waals surface area (Å²) in [6, 6.07) is 0.578. The Morgan fingerprint density at radius 2 is 2.06 bits per heavy atom. The lowest BCUT2D eigenvalue weighted by Crippen LogP contribution is -2.32. The molecule has 0 spiro atoms. The fourth-order valence-electron chi connectivity index (χ4n) is 1.35. The fraction of sp³-hybridized carbons (Fsp3) is 1.00. The molecule has 0 amide bonds. The van der Waals surface area contributed by atoms with Gasteiger partial charge in [-0.25, -0.2) is 0 Å². The Balaban J connectivity index is 1.86. The number of rotatable bonds is 8. The Hall–Kier alpha value is 0.270. The molecule has 0 aromatic rings. The predicted molar refractivity (Wildman–Crippen MR) is 73.2 cm³/mol. The summed E-state index contributed by atoms with van der Waals surface area (Å²) in [5.74, 6) is 2.06. The first-order chi connectivity index (χ1) is 7.47. The SMILES string of the molecule is CC(CSC(C)(C)C)NCCOCC1CC1. The summed E-state index contributed by atoms with van der Waals surface area (Å²) in [5, 5.41) is 3.50. The van der Waals surface area contributed by atoms with Gasteiger partial charge in [-0.2, -0.15) is 11.8 Å². The molecular formula is C13H27NOS. The molecule has 1 N–H and O–H groups in total. The summed E-state index contributed by atoms with van der Waals surface area (Å²) < 4.78 is 5.96. The highest BCUT2D eigenvalue weighted by Crippen LogP contribution is 2.28. The van der Waals surface area contributed by atoms with Crippen LogP contribution in [0, 0.1) is 5.92 Å². The lowest BCUT2D eigenvalue weighted by Gasteiger charge is -2.21. The van der Waals surface area contributed by atoms with E-state index in [0.717, 1.165) is 25.7 Å². The molecule has 0 saturated heterocycles. The van der Waals surface area contributed by atoms with Crippen molar-refractivity contribution < 1.29 is 4.74 Å². The van der Waals surface area contributed by atoms with E-state index in [2.05, 4.69) is 33.0 Å². The van der Waals surface area contributed by atoms with Crippen LogP contribution in [0.15, 0.2) is 0 Å². The lowest BCUT2D eigenvalue weighted by molar-refractivity contribution is 0.125. The highest BCUT2D eigenvalue weighted by atomic mass is 32.2. The molecule has 1 aliphatic rings. The van der Waals surface area contributed by atoms with E-state index in [1.807, 2.05) is 11.8 Å². The molecule has 0 radical (unpaired) electrons. The maximum Gasteiger partial charge on any atom is 0.0591 e. The van der Waals surface area contributed by atoms with Gasteiger partial charge < -0.3 is 10.1 Å². The summed E-state index contributed by atoms with van der Waals surface area (Å²) >= 11 is 2.02. The molecule has 2 nitrogen and oxygen atoms in total. The van der Waals surface area contributed by atoms with E-state index >= 15 is 0 Å². The summed E-state index contributed by atoms with van der Waals surface area (Å²) in [4.78, 5) is 0. The normalized spacial score (nSPS) is 18.8. The Bertz CT molecular complexity index is 187. The minimum Gasteiger partial charge on any atom is -0.380 e. The van der Waals surface area contributed by atoms with Crippen LogP contribution in [-0.4, -0.2) is 36.3 Å². The Morgan fingerprint density at radius 3 is 2.62 bits per heavy atom. The third kappa shape index (κ3) is 8.43. The fourth-order valence-corrected chi connectivity index (χ4v) is 2.21. The average Bonchev–Trinajstić information content (AvgIpc) is 2.97. The van der Waals surface area contributed by atoms with E-state index in [1.54, 1.807) is 0 Å². The molecule has 0 aromatic heterocycles. The van der Waals surface area contributed by atoms with Gasteiger partial charge in [0.25, 0.3) is 0 Å². The standard InChI is InChI=1S/C13H27NOS/c1-11(10-16-13(2,3)4)14-7-8-15-9-12-5-6-12/h11-12,14H,5-10H2,1-4H3. The first-order valence-electron chi connectivity index (χ1n) is 6.42. The molecule has 3 heteroatoms. The van der Waals surface area contributed by atoms with Crippen LogP contribution in [-0.2, 0) is 4.74 Å². The van der Waals surface area contributed by atoms with Crippen LogP contribution in [0.1, 0.15) is 40.5 Å². The molecule has 1 aliphatic carbocycles. The van der Waals surface area contributed by atoms with Gasteiger partial charge in [-0.05, 0) is 25.7 Å². The Kier molecular flexibility index (Phi) is 6.16. The predicted octanol–water partition coefficient (Wildman–Crippen LogP) is 2.92. The van der Waals surface area contributed by atoms with Crippen LogP contribution < -0.4 is 5.32 Å². The van der Waals surface area contributed by atoms with Crippen molar-refractivity contribution in [1.29, 1.82) is 0 Å². The zero-order valence-corrected chi connectivity index (χ0v) is 12.0. The molecule has 0 aliphatic heterocycles. The van der Waals surface area contributed by atoms with Crippen molar-refractivity contribution in [3.63, 3.8) is 0 Å². The van der Waals surface area contributed by atoms with Crippen LogP contribution >= 0.6 is 11.8 Å². The molecule has 1 rings (SSSR count). The molecule has 1 unspecified atom stereocenters. The third-order valence-electron chi connectivity index (χ3n) is 2.56. The van der Waals surface area contributed by atoms with E-state index in [4.69, 9.17) is 4.74 Å².